The largest absolute Gasteiger partial charge is 0.497 e. The molecule has 1 saturated carbocycles. The van der Waals surface area contributed by atoms with Gasteiger partial charge in [-0.25, -0.2) is 0 Å². The minimum atomic E-state index is 0.0304. The molecule has 1 aliphatic heterocycles. The van der Waals surface area contributed by atoms with Crippen LogP contribution in [-0.2, 0) is 16.0 Å². The first-order valence-electron chi connectivity index (χ1n) is 8.69. The third-order valence-electron chi connectivity index (χ3n) is 5.69. The molecule has 1 saturated heterocycles. The molecule has 1 aliphatic carbocycles. The summed E-state index contributed by atoms with van der Waals surface area (Å²) in [5, 5.41) is 3.12. The highest BCUT2D eigenvalue weighted by molar-refractivity contribution is 5.79. The normalized spacial score (nSPS) is 26.2. The van der Waals surface area contributed by atoms with E-state index in [1.54, 1.807) is 7.11 Å². The van der Waals surface area contributed by atoms with E-state index in [4.69, 9.17) is 4.74 Å². The number of amides is 2. The maximum Gasteiger partial charge on any atom is 0.224 e. The molecule has 5 nitrogen and oxygen atoms in total. The van der Waals surface area contributed by atoms with Crippen LogP contribution in [0.3, 0.4) is 0 Å². The monoisotopic (exact) mass is 330 g/mol. The number of rotatable bonds is 5. The number of nitrogens with zero attached hydrogens (tertiary/aromatic N) is 1. The quantitative estimate of drug-likeness (QED) is 0.900. The van der Waals surface area contributed by atoms with Crippen LogP contribution in [0.15, 0.2) is 24.3 Å². The van der Waals surface area contributed by atoms with Crippen molar-refractivity contribution in [1.29, 1.82) is 0 Å². The van der Waals surface area contributed by atoms with Gasteiger partial charge in [-0.2, -0.15) is 0 Å². The fourth-order valence-corrected chi connectivity index (χ4v) is 4.32. The molecule has 2 fully saturated rings. The summed E-state index contributed by atoms with van der Waals surface area (Å²) < 4.78 is 5.20. The molecule has 0 bridgehead atoms. The summed E-state index contributed by atoms with van der Waals surface area (Å²) in [5.74, 6) is 1.03. The van der Waals surface area contributed by atoms with Crippen molar-refractivity contribution in [3.63, 3.8) is 0 Å². The molecular formula is C19H26N2O3. The second kappa shape index (κ2) is 6.83. The van der Waals surface area contributed by atoms with Gasteiger partial charge in [-0.3, -0.25) is 9.59 Å². The van der Waals surface area contributed by atoms with Gasteiger partial charge in [0.2, 0.25) is 11.8 Å². The molecule has 2 aliphatic rings. The first kappa shape index (κ1) is 16.8. The lowest BCUT2D eigenvalue weighted by molar-refractivity contribution is -0.139. The van der Waals surface area contributed by atoms with Crippen LogP contribution in [0, 0.1) is 5.41 Å². The van der Waals surface area contributed by atoms with Crippen molar-refractivity contribution in [2.45, 2.75) is 44.6 Å². The third kappa shape index (κ3) is 3.25. The molecule has 0 aromatic heterocycles. The minimum Gasteiger partial charge on any atom is -0.497 e. The molecule has 130 valence electrons. The van der Waals surface area contributed by atoms with Crippen molar-refractivity contribution in [3.05, 3.63) is 29.8 Å². The number of hydrogen-bond donors (Lipinski definition) is 1. The fourth-order valence-electron chi connectivity index (χ4n) is 4.32. The van der Waals surface area contributed by atoms with E-state index < -0.39 is 0 Å². The topological polar surface area (TPSA) is 58.6 Å². The number of methoxy groups -OCH3 is 1. The van der Waals surface area contributed by atoms with E-state index in [0.717, 1.165) is 37.0 Å². The second-order valence-corrected chi connectivity index (χ2v) is 7.08. The van der Waals surface area contributed by atoms with Gasteiger partial charge in [0.25, 0.3) is 0 Å². The van der Waals surface area contributed by atoms with Crippen molar-refractivity contribution in [1.82, 2.24) is 10.2 Å². The highest BCUT2D eigenvalue weighted by atomic mass is 16.5. The molecule has 1 heterocycles. The maximum atomic E-state index is 12.4. The molecule has 0 radical (unpaired) electrons. The van der Waals surface area contributed by atoms with Crippen molar-refractivity contribution in [2.75, 3.05) is 20.7 Å². The average molecular weight is 330 g/mol. The Morgan fingerprint density at radius 2 is 2.25 bits per heavy atom. The Balaban J connectivity index is 1.60. The predicted octanol–water partition coefficient (Wildman–Crippen LogP) is 2.14. The van der Waals surface area contributed by atoms with E-state index in [1.165, 1.54) is 0 Å². The van der Waals surface area contributed by atoms with Gasteiger partial charge in [0.1, 0.15) is 5.75 Å². The van der Waals surface area contributed by atoms with E-state index >= 15 is 0 Å². The van der Waals surface area contributed by atoms with Crippen molar-refractivity contribution in [3.8, 4) is 5.75 Å². The molecule has 2 unspecified atom stereocenters. The van der Waals surface area contributed by atoms with Gasteiger partial charge < -0.3 is 15.0 Å². The zero-order valence-corrected chi connectivity index (χ0v) is 14.5. The highest BCUT2D eigenvalue weighted by Crippen LogP contribution is 2.47. The Kier molecular flexibility index (Phi) is 4.78. The Labute approximate surface area is 143 Å². The van der Waals surface area contributed by atoms with Crippen LogP contribution >= 0.6 is 0 Å². The number of benzene rings is 1. The average Bonchev–Trinajstić information content (AvgIpc) is 3.02. The SMILES string of the molecule is COc1cccc(CC(=O)NCC23CCCC2N(C)C(=O)CC3)c1. The number of carbonyl (C=O) groups excluding carboxylic acids is 2. The van der Waals surface area contributed by atoms with Gasteiger partial charge in [0.15, 0.2) is 0 Å². The predicted molar refractivity (Wildman–Crippen MR) is 91.8 cm³/mol. The standard InChI is InChI=1S/C19H26N2O3/c1-21-16-7-4-9-19(16,10-8-18(21)23)13-20-17(22)12-14-5-3-6-15(11-14)24-2/h3,5-6,11,16H,4,7-10,12-13H2,1-2H3,(H,20,22). The van der Waals surface area contributed by atoms with Crippen molar-refractivity contribution < 1.29 is 14.3 Å². The van der Waals surface area contributed by atoms with Crippen LogP contribution in [0.2, 0.25) is 0 Å². The molecular weight excluding hydrogens is 304 g/mol. The molecule has 0 spiro atoms. The van der Waals surface area contributed by atoms with Crippen LogP contribution in [0.4, 0.5) is 0 Å². The highest BCUT2D eigenvalue weighted by Gasteiger charge is 2.48. The number of fused-ring (bicyclic) bond motifs is 1. The Morgan fingerprint density at radius 3 is 3.04 bits per heavy atom. The lowest BCUT2D eigenvalue weighted by Crippen LogP contribution is -2.54. The first-order chi connectivity index (χ1) is 11.5. The molecule has 2 amide bonds. The van der Waals surface area contributed by atoms with Gasteiger partial charge >= 0.3 is 0 Å². The van der Waals surface area contributed by atoms with Crippen molar-refractivity contribution >= 4 is 11.8 Å². The van der Waals surface area contributed by atoms with Gasteiger partial charge in [0, 0.05) is 31.5 Å². The summed E-state index contributed by atoms with van der Waals surface area (Å²) in [6, 6.07) is 7.87. The second-order valence-electron chi connectivity index (χ2n) is 7.08. The van der Waals surface area contributed by atoms with E-state index in [0.29, 0.717) is 19.4 Å². The zero-order valence-electron chi connectivity index (χ0n) is 14.5. The molecule has 1 aromatic rings. The summed E-state index contributed by atoms with van der Waals surface area (Å²) in [6.07, 6.45) is 5.11. The van der Waals surface area contributed by atoms with Crippen LogP contribution in [0.25, 0.3) is 0 Å². The van der Waals surface area contributed by atoms with Crippen LogP contribution in [0.1, 0.15) is 37.7 Å². The fraction of sp³-hybridized carbons (Fsp3) is 0.579. The first-order valence-corrected chi connectivity index (χ1v) is 8.69. The van der Waals surface area contributed by atoms with E-state index in [9.17, 15) is 9.59 Å². The van der Waals surface area contributed by atoms with E-state index in [-0.39, 0.29) is 23.3 Å². The summed E-state index contributed by atoms with van der Waals surface area (Å²) in [4.78, 5) is 26.2. The number of likely N-dealkylation sites (tertiary alicyclic amines) is 1. The summed E-state index contributed by atoms with van der Waals surface area (Å²) >= 11 is 0. The maximum absolute atomic E-state index is 12.4. The van der Waals surface area contributed by atoms with Gasteiger partial charge in [-0.1, -0.05) is 18.6 Å². The Hall–Kier alpha value is -2.04. The molecule has 1 aromatic carbocycles. The molecule has 3 rings (SSSR count). The number of ether oxygens (including phenoxy) is 1. The van der Waals surface area contributed by atoms with Crippen LogP contribution in [-0.4, -0.2) is 43.5 Å². The van der Waals surface area contributed by atoms with Gasteiger partial charge in [-0.15, -0.1) is 0 Å². The minimum absolute atomic E-state index is 0.0304. The number of hydrogen-bond acceptors (Lipinski definition) is 3. The lowest BCUT2D eigenvalue weighted by atomic mass is 9.74. The Bertz CT molecular complexity index is 631. The molecule has 24 heavy (non-hydrogen) atoms. The van der Waals surface area contributed by atoms with Gasteiger partial charge in [0.05, 0.1) is 13.5 Å². The lowest BCUT2D eigenvalue weighted by Gasteiger charge is -2.44. The summed E-state index contributed by atoms with van der Waals surface area (Å²) in [7, 11) is 3.53. The third-order valence-corrected chi connectivity index (χ3v) is 5.69. The molecule has 2 atom stereocenters. The van der Waals surface area contributed by atoms with E-state index in [2.05, 4.69) is 5.32 Å². The van der Waals surface area contributed by atoms with Crippen LogP contribution < -0.4 is 10.1 Å². The smallest absolute Gasteiger partial charge is 0.224 e. The number of nitrogens with one attached hydrogen (secondary N) is 1. The molecule has 5 heteroatoms. The Morgan fingerprint density at radius 1 is 1.42 bits per heavy atom. The van der Waals surface area contributed by atoms with Crippen LogP contribution in [0.5, 0.6) is 5.75 Å². The van der Waals surface area contributed by atoms with Crippen molar-refractivity contribution in [2.24, 2.45) is 5.41 Å². The van der Waals surface area contributed by atoms with Gasteiger partial charge in [-0.05, 0) is 37.0 Å². The number of carbonyl (C=O) groups is 2. The summed E-state index contributed by atoms with van der Waals surface area (Å²) in [6.45, 7) is 0.665. The summed E-state index contributed by atoms with van der Waals surface area (Å²) in [5.41, 5.74) is 1.01. The number of piperidine rings is 1. The zero-order chi connectivity index (χ0) is 17.2. The molecule has 1 N–H and O–H groups in total. The van der Waals surface area contributed by atoms with E-state index in [1.807, 2.05) is 36.2 Å².